The zero-order valence-corrected chi connectivity index (χ0v) is 6.79. The number of aromatic nitrogens is 3. The van der Waals surface area contributed by atoms with E-state index in [0.717, 1.165) is 5.82 Å². The molecule has 0 radical (unpaired) electrons. The van der Waals surface area contributed by atoms with Gasteiger partial charge in [0.1, 0.15) is 18.8 Å². The van der Waals surface area contributed by atoms with Crippen molar-refractivity contribution in [3.63, 3.8) is 0 Å². The average Bonchev–Trinajstić information content (AvgIpc) is 2.36. The second kappa shape index (κ2) is 3.46. The van der Waals surface area contributed by atoms with Crippen molar-refractivity contribution in [1.82, 2.24) is 14.8 Å². The van der Waals surface area contributed by atoms with E-state index in [9.17, 15) is 4.39 Å². The lowest BCUT2D eigenvalue weighted by Crippen LogP contribution is -2.08. The van der Waals surface area contributed by atoms with Gasteiger partial charge in [-0.3, -0.25) is 0 Å². The van der Waals surface area contributed by atoms with Crippen molar-refractivity contribution in [1.29, 1.82) is 0 Å². The van der Waals surface area contributed by atoms with E-state index in [1.54, 1.807) is 4.68 Å². The summed E-state index contributed by atoms with van der Waals surface area (Å²) in [5.74, 6) is 1.16. The van der Waals surface area contributed by atoms with Gasteiger partial charge in [-0.2, -0.15) is 5.10 Å². The van der Waals surface area contributed by atoms with Crippen LogP contribution < -0.4 is 0 Å². The first-order valence-electron chi connectivity index (χ1n) is 3.69. The molecule has 3 nitrogen and oxygen atoms in total. The Kier molecular flexibility index (Phi) is 2.57. The number of rotatable bonds is 3. The van der Waals surface area contributed by atoms with Crippen molar-refractivity contribution in [2.24, 2.45) is 0 Å². The molecule has 4 heteroatoms. The summed E-state index contributed by atoms with van der Waals surface area (Å²) >= 11 is 0. The molecule has 0 fully saturated rings. The Balaban J connectivity index is 2.78. The number of hydrogen-bond donors (Lipinski definition) is 0. The summed E-state index contributed by atoms with van der Waals surface area (Å²) in [6.45, 7) is 3.95. The van der Waals surface area contributed by atoms with Gasteiger partial charge in [-0.1, -0.05) is 13.8 Å². The van der Waals surface area contributed by atoms with E-state index >= 15 is 0 Å². The highest BCUT2D eigenvalue weighted by atomic mass is 19.1. The van der Waals surface area contributed by atoms with Crippen LogP contribution in [-0.2, 0) is 6.54 Å². The van der Waals surface area contributed by atoms with Crippen LogP contribution in [0.3, 0.4) is 0 Å². The summed E-state index contributed by atoms with van der Waals surface area (Å²) < 4.78 is 13.5. The molecule has 0 aliphatic rings. The van der Waals surface area contributed by atoms with Crippen LogP contribution in [-0.4, -0.2) is 21.4 Å². The lowest BCUT2D eigenvalue weighted by Gasteiger charge is -2.04. The van der Waals surface area contributed by atoms with Crippen LogP contribution in [0.4, 0.5) is 4.39 Å². The third-order valence-corrected chi connectivity index (χ3v) is 1.46. The van der Waals surface area contributed by atoms with E-state index in [1.165, 1.54) is 6.33 Å². The monoisotopic (exact) mass is 157 g/mol. The summed E-state index contributed by atoms with van der Waals surface area (Å²) in [5.41, 5.74) is 0. The van der Waals surface area contributed by atoms with Crippen molar-refractivity contribution in [3.8, 4) is 0 Å². The Morgan fingerprint density at radius 1 is 1.64 bits per heavy atom. The lowest BCUT2D eigenvalue weighted by molar-refractivity contribution is 0.415. The molecule has 1 rings (SSSR count). The number of aryl methyl sites for hydroxylation is 1. The van der Waals surface area contributed by atoms with E-state index in [1.807, 2.05) is 13.8 Å². The smallest absolute Gasteiger partial charge is 0.138 e. The molecule has 0 unspecified atom stereocenters. The normalized spacial score (nSPS) is 10.9. The van der Waals surface area contributed by atoms with Gasteiger partial charge in [-0.05, 0) is 0 Å². The van der Waals surface area contributed by atoms with E-state index in [0.29, 0.717) is 12.5 Å². The third kappa shape index (κ3) is 1.76. The fourth-order valence-electron chi connectivity index (χ4n) is 0.973. The molecule has 0 spiro atoms. The molecule has 0 atom stereocenters. The van der Waals surface area contributed by atoms with Gasteiger partial charge in [0, 0.05) is 5.92 Å². The van der Waals surface area contributed by atoms with Gasteiger partial charge >= 0.3 is 0 Å². The first kappa shape index (κ1) is 8.17. The number of nitrogens with zero attached hydrogens (tertiary/aromatic N) is 3. The molecule has 0 amide bonds. The maximum absolute atomic E-state index is 11.9. The summed E-state index contributed by atoms with van der Waals surface area (Å²) in [6.07, 6.45) is 1.46. The summed E-state index contributed by atoms with van der Waals surface area (Å²) in [4.78, 5) is 4.02. The highest BCUT2D eigenvalue weighted by Gasteiger charge is 2.06. The standard InChI is InChI=1S/C7H12FN3/c1-6(2)7-9-5-10-11(7)4-3-8/h5-6H,3-4H2,1-2H3. The second-order valence-electron chi connectivity index (χ2n) is 2.69. The van der Waals surface area contributed by atoms with E-state index in [2.05, 4.69) is 10.1 Å². The van der Waals surface area contributed by atoms with Gasteiger partial charge in [0.05, 0.1) is 6.54 Å². The maximum atomic E-state index is 11.9. The zero-order valence-electron chi connectivity index (χ0n) is 6.79. The Hall–Kier alpha value is -0.930. The summed E-state index contributed by atoms with van der Waals surface area (Å²) in [6, 6.07) is 0. The Labute approximate surface area is 65.2 Å². The number of halogens is 1. The van der Waals surface area contributed by atoms with Gasteiger partial charge in [0.25, 0.3) is 0 Å². The topological polar surface area (TPSA) is 30.7 Å². The quantitative estimate of drug-likeness (QED) is 0.663. The van der Waals surface area contributed by atoms with Gasteiger partial charge in [0.15, 0.2) is 0 Å². The van der Waals surface area contributed by atoms with Crippen LogP contribution in [0.2, 0.25) is 0 Å². The molecular weight excluding hydrogens is 145 g/mol. The van der Waals surface area contributed by atoms with Crippen molar-refractivity contribution in [2.45, 2.75) is 26.3 Å². The van der Waals surface area contributed by atoms with Crippen LogP contribution in [0.15, 0.2) is 6.33 Å². The highest BCUT2D eigenvalue weighted by molar-refractivity contribution is 4.90. The third-order valence-electron chi connectivity index (χ3n) is 1.46. The summed E-state index contributed by atoms with van der Waals surface area (Å²) in [5, 5.41) is 3.89. The minimum Gasteiger partial charge on any atom is -0.249 e. The van der Waals surface area contributed by atoms with Gasteiger partial charge in [-0.15, -0.1) is 0 Å². The molecular formula is C7H12FN3. The number of alkyl halides is 1. The molecule has 0 saturated carbocycles. The molecule has 0 N–H and O–H groups in total. The van der Waals surface area contributed by atoms with Crippen LogP contribution in [0.25, 0.3) is 0 Å². The molecule has 1 aromatic heterocycles. The SMILES string of the molecule is CC(C)c1ncnn1CCF. The molecule has 0 bridgehead atoms. The van der Waals surface area contributed by atoms with Crippen molar-refractivity contribution >= 4 is 0 Å². The van der Waals surface area contributed by atoms with Gasteiger partial charge in [0.2, 0.25) is 0 Å². The van der Waals surface area contributed by atoms with Crippen LogP contribution in [0.5, 0.6) is 0 Å². The van der Waals surface area contributed by atoms with Gasteiger partial charge in [-0.25, -0.2) is 14.1 Å². The fraction of sp³-hybridized carbons (Fsp3) is 0.714. The lowest BCUT2D eigenvalue weighted by atomic mass is 10.2. The molecule has 1 aromatic rings. The molecule has 62 valence electrons. The van der Waals surface area contributed by atoms with Crippen molar-refractivity contribution < 1.29 is 4.39 Å². The number of hydrogen-bond acceptors (Lipinski definition) is 2. The molecule has 0 aliphatic heterocycles. The van der Waals surface area contributed by atoms with Crippen LogP contribution in [0, 0.1) is 0 Å². The minimum atomic E-state index is -0.386. The predicted molar refractivity (Wildman–Crippen MR) is 40.1 cm³/mol. The van der Waals surface area contributed by atoms with Crippen LogP contribution >= 0.6 is 0 Å². The highest BCUT2D eigenvalue weighted by Crippen LogP contribution is 2.09. The zero-order chi connectivity index (χ0) is 8.27. The Morgan fingerprint density at radius 3 is 2.91 bits per heavy atom. The molecule has 0 aliphatic carbocycles. The predicted octanol–water partition coefficient (Wildman–Crippen LogP) is 1.37. The Morgan fingerprint density at radius 2 is 2.36 bits per heavy atom. The van der Waals surface area contributed by atoms with E-state index in [4.69, 9.17) is 0 Å². The second-order valence-corrected chi connectivity index (χ2v) is 2.69. The molecule has 0 saturated heterocycles. The Bertz CT molecular complexity index is 219. The maximum Gasteiger partial charge on any atom is 0.138 e. The molecule has 11 heavy (non-hydrogen) atoms. The van der Waals surface area contributed by atoms with Gasteiger partial charge < -0.3 is 0 Å². The summed E-state index contributed by atoms with van der Waals surface area (Å²) in [7, 11) is 0. The van der Waals surface area contributed by atoms with Crippen molar-refractivity contribution in [2.75, 3.05) is 6.67 Å². The fourth-order valence-corrected chi connectivity index (χ4v) is 0.973. The molecule has 0 aromatic carbocycles. The van der Waals surface area contributed by atoms with E-state index in [-0.39, 0.29) is 6.67 Å². The minimum absolute atomic E-state index is 0.309. The first-order chi connectivity index (χ1) is 5.25. The van der Waals surface area contributed by atoms with E-state index < -0.39 is 0 Å². The van der Waals surface area contributed by atoms with Crippen molar-refractivity contribution in [3.05, 3.63) is 12.2 Å². The van der Waals surface area contributed by atoms with Crippen LogP contribution in [0.1, 0.15) is 25.6 Å². The first-order valence-corrected chi connectivity index (χ1v) is 3.69. The molecule has 1 heterocycles. The average molecular weight is 157 g/mol. The largest absolute Gasteiger partial charge is 0.249 e.